The Balaban J connectivity index is 1.59. The van der Waals surface area contributed by atoms with Gasteiger partial charge in [0.15, 0.2) is 0 Å². The predicted molar refractivity (Wildman–Crippen MR) is 99.8 cm³/mol. The molecule has 1 saturated heterocycles. The summed E-state index contributed by atoms with van der Waals surface area (Å²) in [6.07, 6.45) is 0. The van der Waals surface area contributed by atoms with Gasteiger partial charge in [0.05, 0.1) is 18.5 Å². The molecule has 0 spiro atoms. The number of nitrogens with one attached hydrogen (secondary N) is 1. The molecule has 4 nitrogen and oxygen atoms in total. The molecular weight excluding hydrogens is 358 g/mol. The number of halogens is 2. The smallest absolute Gasteiger partial charge is 0.237 e. The number of hydrogen-bond donors (Lipinski definition) is 1. The Morgan fingerprint density at radius 3 is 2.54 bits per heavy atom. The molecule has 2 aromatic rings. The molecule has 1 atom stereocenters. The summed E-state index contributed by atoms with van der Waals surface area (Å²) in [5.74, 6) is -1.33. The van der Waals surface area contributed by atoms with Crippen molar-refractivity contribution in [1.29, 1.82) is 0 Å². The number of morpholine rings is 1. The first kappa shape index (κ1) is 18.7. The number of nitrogens with zero attached hydrogens (tertiary/aromatic N) is 1. The van der Waals surface area contributed by atoms with Crippen molar-refractivity contribution in [3.05, 3.63) is 54.1 Å². The van der Waals surface area contributed by atoms with Crippen molar-refractivity contribution in [1.82, 2.24) is 0 Å². The van der Waals surface area contributed by atoms with Crippen LogP contribution in [0.2, 0.25) is 0 Å². The van der Waals surface area contributed by atoms with Gasteiger partial charge in [0.1, 0.15) is 11.6 Å². The van der Waals surface area contributed by atoms with Crippen molar-refractivity contribution in [3.63, 3.8) is 0 Å². The van der Waals surface area contributed by atoms with Gasteiger partial charge < -0.3 is 15.0 Å². The molecular formula is C19H20F2N2O2S. The standard InChI is InChI=1S/C19H20F2N2O2S/c1-13(26-18-12-14(20)2-7-17(18)21)19(24)22-15-3-5-16(6-4-15)23-8-10-25-11-9-23/h2-7,12-13H,8-11H2,1H3,(H,22,24)/t13-/m1/s1. The van der Waals surface area contributed by atoms with Crippen LogP contribution in [-0.2, 0) is 9.53 Å². The fourth-order valence-electron chi connectivity index (χ4n) is 2.63. The molecule has 0 aliphatic carbocycles. The molecule has 1 heterocycles. The maximum absolute atomic E-state index is 13.7. The van der Waals surface area contributed by atoms with Crippen molar-refractivity contribution >= 4 is 29.0 Å². The molecule has 0 aromatic heterocycles. The maximum atomic E-state index is 13.7. The molecule has 1 amide bonds. The van der Waals surface area contributed by atoms with Gasteiger partial charge in [-0.3, -0.25) is 4.79 Å². The zero-order chi connectivity index (χ0) is 18.5. The number of anilines is 2. The van der Waals surface area contributed by atoms with E-state index in [4.69, 9.17) is 4.74 Å². The third-order valence-electron chi connectivity index (χ3n) is 4.08. The second-order valence-corrected chi connectivity index (χ2v) is 7.35. The number of hydrogen-bond acceptors (Lipinski definition) is 4. The Hall–Kier alpha value is -2.12. The third-order valence-corrected chi connectivity index (χ3v) is 5.21. The molecule has 138 valence electrons. The zero-order valence-corrected chi connectivity index (χ0v) is 15.2. The highest BCUT2D eigenvalue weighted by atomic mass is 32.2. The number of carbonyl (C=O) groups excluding carboxylic acids is 1. The highest BCUT2D eigenvalue weighted by Gasteiger charge is 2.17. The van der Waals surface area contributed by atoms with Crippen molar-refractivity contribution < 1.29 is 18.3 Å². The average molecular weight is 378 g/mol. The van der Waals surface area contributed by atoms with Crippen LogP contribution in [0.5, 0.6) is 0 Å². The van der Waals surface area contributed by atoms with Crippen LogP contribution in [-0.4, -0.2) is 37.5 Å². The summed E-state index contributed by atoms with van der Waals surface area (Å²) < 4.78 is 32.3. The number of benzene rings is 2. The minimum Gasteiger partial charge on any atom is -0.378 e. The molecule has 7 heteroatoms. The summed E-state index contributed by atoms with van der Waals surface area (Å²) in [6, 6.07) is 10.8. The molecule has 1 aliphatic rings. The minimum absolute atomic E-state index is 0.121. The van der Waals surface area contributed by atoms with Gasteiger partial charge in [-0.05, 0) is 49.4 Å². The Morgan fingerprint density at radius 1 is 1.15 bits per heavy atom. The molecule has 1 fully saturated rings. The highest BCUT2D eigenvalue weighted by Crippen LogP contribution is 2.28. The van der Waals surface area contributed by atoms with E-state index in [1.54, 1.807) is 6.92 Å². The van der Waals surface area contributed by atoms with Crippen LogP contribution in [0.25, 0.3) is 0 Å². The monoisotopic (exact) mass is 378 g/mol. The fourth-order valence-corrected chi connectivity index (χ4v) is 3.54. The Morgan fingerprint density at radius 2 is 1.85 bits per heavy atom. The van der Waals surface area contributed by atoms with E-state index in [2.05, 4.69) is 10.2 Å². The van der Waals surface area contributed by atoms with Crippen LogP contribution in [0.4, 0.5) is 20.2 Å². The molecule has 0 unspecified atom stereocenters. The molecule has 1 N–H and O–H groups in total. The number of amides is 1. The number of thioether (sulfide) groups is 1. The molecule has 2 aromatic carbocycles. The van der Waals surface area contributed by atoms with Crippen molar-refractivity contribution in [3.8, 4) is 0 Å². The summed E-state index contributed by atoms with van der Waals surface area (Å²) in [6.45, 7) is 4.78. The second kappa shape index (κ2) is 8.51. The van der Waals surface area contributed by atoms with Gasteiger partial charge in [0.2, 0.25) is 5.91 Å². The summed E-state index contributed by atoms with van der Waals surface area (Å²) in [5, 5.41) is 2.24. The van der Waals surface area contributed by atoms with Gasteiger partial charge in [-0.25, -0.2) is 8.78 Å². The lowest BCUT2D eigenvalue weighted by molar-refractivity contribution is -0.115. The lowest BCUT2D eigenvalue weighted by atomic mass is 10.2. The number of rotatable bonds is 5. The van der Waals surface area contributed by atoms with Gasteiger partial charge in [-0.2, -0.15) is 0 Å². The third kappa shape index (κ3) is 4.74. The van der Waals surface area contributed by atoms with Gasteiger partial charge in [0.25, 0.3) is 0 Å². The quantitative estimate of drug-likeness (QED) is 0.801. The van der Waals surface area contributed by atoms with E-state index in [1.165, 1.54) is 0 Å². The molecule has 0 radical (unpaired) electrons. The van der Waals surface area contributed by atoms with Crippen LogP contribution in [0.15, 0.2) is 47.4 Å². The van der Waals surface area contributed by atoms with Crippen molar-refractivity contribution in [2.24, 2.45) is 0 Å². The fraction of sp³-hybridized carbons (Fsp3) is 0.316. The van der Waals surface area contributed by atoms with Crippen molar-refractivity contribution in [2.75, 3.05) is 36.5 Å². The molecule has 0 saturated carbocycles. The van der Waals surface area contributed by atoms with Crippen LogP contribution < -0.4 is 10.2 Å². The second-order valence-electron chi connectivity index (χ2n) is 5.97. The molecule has 1 aliphatic heterocycles. The van der Waals surface area contributed by atoms with E-state index in [-0.39, 0.29) is 10.8 Å². The van der Waals surface area contributed by atoms with Gasteiger partial charge in [0, 0.05) is 29.4 Å². The summed E-state index contributed by atoms with van der Waals surface area (Å²) in [7, 11) is 0. The van der Waals surface area contributed by atoms with E-state index in [1.807, 2.05) is 24.3 Å². The van der Waals surface area contributed by atoms with Crippen LogP contribution in [0, 0.1) is 11.6 Å². The number of ether oxygens (including phenoxy) is 1. The Kier molecular flexibility index (Phi) is 6.11. The predicted octanol–water partition coefficient (Wildman–Crippen LogP) is 3.92. The van der Waals surface area contributed by atoms with E-state index in [9.17, 15) is 13.6 Å². The topological polar surface area (TPSA) is 41.6 Å². The number of carbonyl (C=O) groups is 1. The summed E-state index contributed by atoms with van der Waals surface area (Å²) >= 11 is 0.988. The average Bonchev–Trinajstić information content (AvgIpc) is 2.66. The van der Waals surface area contributed by atoms with Crippen molar-refractivity contribution in [2.45, 2.75) is 17.1 Å². The molecule has 26 heavy (non-hydrogen) atoms. The minimum atomic E-state index is -0.565. The zero-order valence-electron chi connectivity index (χ0n) is 14.4. The SMILES string of the molecule is C[C@@H](Sc1cc(F)ccc1F)C(=O)Nc1ccc(N2CCOCC2)cc1. The van der Waals surface area contributed by atoms with E-state index in [0.29, 0.717) is 18.9 Å². The van der Waals surface area contributed by atoms with E-state index in [0.717, 1.165) is 48.7 Å². The first-order valence-corrected chi connectivity index (χ1v) is 9.26. The molecule has 0 bridgehead atoms. The summed E-state index contributed by atoms with van der Waals surface area (Å²) in [4.78, 5) is 14.7. The van der Waals surface area contributed by atoms with E-state index >= 15 is 0 Å². The highest BCUT2D eigenvalue weighted by molar-refractivity contribution is 8.00. The van der Waals surface area contributed by atoms with Crippen LogP contribution in [0.1, 0.15) is 6.92 Å². The van der Waals surface area contributed by atoms with E-state index < -0.39 is 16.9 Å². The lowest BCUT2D eigenvalue weighted by Gasteiger charge is -2.28. The van der Waals surface area contributed by atoms with Gasteiger partial charge in [-0.1, -0.05) is 0 Å². The Bertz CT molecular complexity index is 765. The Labute approximate surface area is 155 Å². The lowest BCUT2D eigenvalue weighted by Crippen LogP contribution is -2.36. The van der Waals surface area contributed by atoms with Crippen LogP contribution >= 0.6 is 11.8 Å². The largest absolute Gasteiger partial charge is 0.378 e. The molecule has 3 rings (SSSR count). The van der Waals surface area contributed by atoms with Crippen LogP contribution in [0.3, 0.4) is 0 Å². The maximum Gasteiger partial charge on any atom is 0.237 e. The first-order chi connectivity index (χ1) is 12.5. The normalized spacial score (nSPS) is 15.6. The van der Waals surface area contributed by atoms with Gasteiger partial charge >= 0.3 is 0 Å². The first-order valence-electron chi connectivity index (χ1n) is 8.38. The van der Waals surface area contributed by atoms with Gasteiger partial charge in [-0.15, -0.1) is 11.8 Å². The summed E-state index contributed by atoms with van der Waals surface area (Å²) in [5.41, 5.74) is 1.75.